The second-order valence-electron chi connectivity index (χ2n) is 4.89. The van der Waals surface area contributed by atoms with Crippen LogP contribution in [-0.4, -0.2) is 18.2 Å². The summed E-state index contributed by atoms with van der Waals surface area (Å²) in [6.07, 6.45) is 1.28. The van der Waals surface area contributed by atoms with E-state index < -0.39 is 0 Å². The zero-order valence-electron chi connectivity index (χ0n) is 10.5. The van der Waals surface area contributed by atoms with Crippen LogP contribution in [0.3, 0.4) is 0 Å². The van der Waals surface area contributed by atoms with Crippen LogP contribution in [0.15, 0.2) is 0 Å². The topological polar surface area (TPSA) is 46.2 Å². The Kier molecular flexibility index (Phi) is 5.55. The Balaban J connectivity index is 3.89. The van der Waals surface area contributed by atoms with Crippen LogP contribution in [0.2, 0.25) is 0 Å². The fourth-order valence-electron chi connectivity index (χ4n) is 1.16. The van der Waals surface area contributed by atoms with Gasteiger partial charge < -0.3 is 5.32 Å². The molecule has 0 spiro atoms. The standard InChI is InChI=1S/C12H23NO2/c1-9(2)12(4,5)11(15)7-6-8-13-10(3)14/h9H,6-8H2,1-5H3,(H,13,14). The van der Waals surface area contributed by atoms with Crippen molar-refractivity contribution in [3.05, 3.63) is 0 Å². The van der Waals surface area contributed by atoms with Crippen LogP contribution in [-0.2, 0) is 9.59 Å². The molecule has 0 fully saturated rings. The maximum absolute atomic E-state index is 11.8. The van der Waals surface area contributed by atoms with Crippen LogP contribution in [0.1, 0.15) is 47.5 Å². The predicted octanol–water partition coefficient (Wildman–Crippen LogP) is 2.15. The molecule has 0 saturated heterocycles. The number of Topliss-reactive ketones (excluding diaryl/α,β-unsaturated/α-hetero) is 1. The Bertz CT molecular complexity index is 232. The first-order chi connectivity index (χ1) is 6.78. The first kappa shape index (κ1) is 14.1. The summed E-state index contributed by atoms with van der Waals surface area (Å²) in [6.45, 7) is 10.2. The molecule has 0 rings (SSSR count). The molecule has 0 bridgehead atoms. The summed E-state index contributed by atoms with van der Waals surface area (Å²) in [5.74, 6) is 0.596. The van der Waals surface area contributed by atoms with Crippen LogP contribution in [0.4, 0.5) is 0 Å². The van der Waals surface area contributed by atoms with Gasteiger partial charge in [0.1, 0.15) is 5.78 Å². The van der Waals surface area contributed by atoms with E-state index in [2.05, 4.69) is 19.2 Å². The van der Waals surface area contributed by atoms with Gasteiger partial charge in [0.2, 0.25) is 5.91 Å². The molecular formula is C12H23NO2. The van der Waals surface area contributed by atoms with Crippen molar-refractivity contribution in [2.75, 3.05) is 6.54 Å². The van der Waals surface area contributed by atoms with E-state index in [-0.39, 0.29) is 17.1 Å². The zero-order valence-corrected chi connectivity index (χ0v) is 10.5. The first-order valence-electron chi connectivity index (χ1n) is 5.56. The summed E-state index contributed by atoms with van der Waals surface area (Å²) in [7, 11) is 0. The molecule has 0 aliphatic carbocycles. The van der Waals surface area contributed by atoms with E-state index >= 15 is 0 Å². The summed E-state index contributed by atoms with van der Waals surface area (Å²) in [6, 6.07) is 0. The minimum Gasteiger partial charge on any atom is -0.356 e. The lowest BCUT2D eigenvalue weighted by Crippen LogP contribution is -2.30. The minimum absolute atomic E-state index is 0.0365. The van der Waals surface area contributed by atoms with Crippen LogP contribution in [0.5, 0.6) is 0 Å². The molecule has 88 valence electrons. The van der Waals surface area contributed by atoms with Crippen LogP contribution < -0.4 is 5.32 Å². The van der Waals surface area contributed by atoms with Gasteiger partial charge in [0.15, 0.2) is 0 Å². The SMILES string of the molecule is CC(=O)NCCCC(=O)C(C)(C)C(C)C. The van der Waals surface area contributed by atoms with Gasteiger partial charge in [-0.2, -0.15) is 0 Å². The normalized spacial score (nSPS) is 11.6. The highest BCUT2D eigenvalue weighted by molar-refractivity contribution is 5.84. The third-order valence-corrected chi connectivity index (χ3v) is 3.12. The van der Waals surface area contributed by atoms with Crippen LogP contribution in [0.25, 0.3) is 0 Å². The highest BCUT2D eigenvalue weighted by Crippen LogP contribution is 2.28. The summed E-state index contributed by atoms with van der Waals surface area (Å²) in [4.78, 5) is 22.4. The number of carbonyl (C=O) groups excluding carboxylic acids is 2. The van der Waals surface area contributed by atoms with Crippen molar-refractivity contribution in [2.45, 2.75) is 47.5 Å². The average Bonchev–Trinajstić information content (AvgIpc) is 2.11. The summed E-state index contributed by atoms with van der Waals surface area (Å²) >= 11 is 0. The third-order valence-electron chi connectivity index (χ3n) is 3.12. The van der Waals surface area contributed by atoms with E-state index in [0.717, 1.165) is 6.42 Å². The van der Waals surface area contributed by atoms with E-state index in [1.807, 2.05) is 13.8 Å². The zero-order chi connectivity index (χ0) is 12.1. The number of amides is 1. The molecular weight excluding hydrogens is 190 g/mol. The number of carbonyl (C=O) groups is 2. The lowest BCUT2D eigenvalue weighted by Gasteiger charge is -2.27. The van der Waals surface area contributed by atoms with Crippen molar-refractivity contribution >= 4 is 11.7 Å². The highest BCUT2D eigenvalue weighted by atomic mass is 16.1. The Morgan fingerprint density at radius 1 is 1.27 bits per heavy atom. The van der Waals surface area contributed by atoms with Gasteiger partial charge in [-0.25, -0.2) is 0 Å². The average molecular weight is 213 g/mol. The van der Waals surface area contributed by atoms with Crippen molar-refractivity contribution in [2.24, 2.45) is 11.3 Å². The molecule has 15 heavy (non-hydrogen) atoms. The van der Waals surface area contributed by atoms with Gasteiger partial charge in [-0.05, 0) is 12.3 Å². The number of ketones is 1. The van der Waals surface area contributed by atoms with E-state index in [1.54, 1.807) is 0 Å². The third kappa shape index (κ3) is 4.96. The summed E-state index contributed by atoms with van der Waals surface area (Å²) < 4.78 is 0. The molecule has 0 heterocycles. The molecule has 0 radical (unpaired) electrons. The Labute approximate surface area is 92.6 Å². The number of rotatable bonds is 6. The lowest BCUT2D eigenvalue weighted by molar-refractivity contribution is -0.129. The first-order valence-corrected chi connectivity index (χ1v) is 5.56. The molecule has 0 saturated carbocycles. The second kappa shape index (κ2) is 5.89. The molecule has 0 aliphatic rings. The van der Waals surface area contributed by atoms with Crippen molar-refractivity contribution in [1.82, 2.24) is 5.32 Å². The number of hydrogen-bond donors (Lipinski definition) is 1. The quantitative estimate of drug-likeness (QED) is 0.687. The van der Waals surface area contributed by atoms with Crippen molar-refractivity contribution < 1.29 is 9.59 Å². The molecule has 3 nitrogen and oxygen atoms in total. The molecule has 0 aliphatic heterocycles. The van der Waals surface area contributed by atoms with Gasteiger partial charge in [0.05, 0.1) is 0 Å². The van der Waals surface area contributed by atoms with E-state index in [1.165, 1.54) is 6.92 Å². The Morgan fingerprint density at radius 2 is 1.80 bits per heavy atom. The largest absolute Gasteiger partial charge is 0.356 e. The fraction of sp³-hybridized carbons (Fsp3) is 0.833. The predicted molar refractivity (Wildman–Crippen MR) is 61.5 cm³/mol. The summed E-state index contributed by atoms with van der Waals surface area (Å²) in [5, 5.41) is 2.69. The molecule has 0 atom stereocenters. The Morgan fingerprint density at radius 3 is 2.20 bits per heavy atom. The maximum atomic E-state index is 11.8. The second-order valence-corrected chi connectivity index (χ2v) is 4.89. The molecule has 0 aromatic heterocycles. The van der Waals surface area contributed by atoms with E-state index in [4.69, 9.17) is 0 Å². The molecule has 0 aromatic rings. The molecule has 1 amide bonds. The summed E-state index contributed by atoms with van der Waals surface area (Å²) in [5.41, 5.74) is -0.254. The van der Waals surface area contributed by atoms with Gasteiger partial charge in [0.25, 0.3) is 0 Å². The molecule has 0 unspecified atom stereocenters. The van der Waals surface area contributed by atoms with Crippen molar-refractivity contribution in [1.29, 1.82) is 0 Å². The van der Waals surface area contributed by atoms with Crippen LogP contribution in [0, 0.1) is 11.3 Å². The van der Waals surface area contributed by atoms with Gasteiger partial charge in [-0.3, -0.25) is 9.59 Å². The van der Waals surface area contributed by atoms with E-state index in [9.17, 15) is 9.59 Å². The van der Waals surface area contributed by atoms with Crippen molar-refractivity contribution in [3.63, 3.8) is 0 Å². The molecule has 3 heteroatoms. The van der Waals surface area contributed by atoms with Crippen LogP contribution >= 0.6 is 0 Å². The van der Waals surface area contributed by atoms with Crippen molar-refractivity contribution in [3.8, 4) is 0 Å². The van der Waals surface area contributed by atoms with Gasteiger partial charge in [-0.15, -0.1) is 0 Å². The van der Waals surface area contributed by atoms with Gasteiger partial charge in [-0.1, -0.05) is 27.7 Å². The van der Waals surface area contributed by atoms with E-state index in [0.29, 0.717) is 18.9 Å². The number of hydrogen-bond acceptors (Lipinski definition) is 2. The highest BCUT2D eigenvalue weighted by Gasteiger charge is 2.29. The molecule has 0 aromatic carbocycles. The van der Waals surface area contributed by atoms with Gasteiger partial charge in [0, 0.05) is 25.3 Å². The Hall–Kier alpha value is -0.860. The minimum atomic E-state index is -0.254. The smallest absolute Gasteiger partial charge is 0.216 e. The van der Waals surface area contributed by atoms with Gasteiger partial charge >= 0.3 is 0 Å². The molecule has 1 N–H and O–H groups in total. The lowest BCUT2D eigenvalue weighted by atomic mass is 9.76. The monoisotopic (exact) mass is 213 g/mol. The maximum Gasteiger partial charge on any atom is 0.216 e. The fourth-order valence-corrected chi connectivity index (χ4v) is 1.16. The number of nitrogens with one attached hydrogen (secondary N) is 1.